The Hall–Kier alpha value is -2.63. The van der Waals surface area contributed by atoms with Gasteiger partial charge in [-0.3, -0.25) is 0 Å². The van der Waals surface area contributed by atoms with Gasteiger partial charge in [0.15, 0.2) is 0 Å². The highest BCUT2D eigenvalue weighted by Crippen LogP contribution is 2.26. The number of halogens is 2. The molecule has 0 saturated heterocycles. The van der Waals surface area contributed by atoms with E-state index in [9.17, 15) is 4.79 Å². The zero-order valence-electron chi connectivity index (χ0n) is 12.0. The number of rotatable bonds is 2. The molecule has 0 fully saturated rings. The Balaban J connectivity index is 1.81. The number of nitrogens with zero attached hydrogens (tertiary/aromatic N) is 2. The lowest BCUT2D eigenvalue weighted by atomic mass is 10.2. The summed E-state index contributed by atoms with van der Waals surface area (Å²) in [6, 6.07) is 13.5. The highest BCUT2D eigenvalue weighted by atomic mass is 35.5. The van der Waals surface area contributed by atoms with Crippen LogP contribution in [0.3, 0.4) is 0 Å². The quantitative estimate of drug-likeness (QED) is 0.480. The van der Waals surface area contributed by atoms with Gasteiger partial charge in [-0.1, -0.05) is 23.2 Å². The predicted molar refractivity (Wildman–Crippen MR) is 91.2 cm³/mol. The van der Waals surface area contributed by atoms with E-state index in [1.54, 1.807) is 48.5 Å². The number of hydrogen-bond donors (Lipinski definition) is 0. The summed E-state index contributed by atoms with van der Waals surface area (Å²) in [4.78, 5) is 12.2. The van der Waals surface area contributed by atoms with E-state index >= 15 is 0 Å². The maximum atomic E-state index is 12.2. The molecule has 24 heavy (non-hydrogen) atoms. The van der Waals surface area contributed by atoms with Crippen molar-refractivity contribution in [2.45, 2.75) is 0 Å². The topological polar surface area (TPSA) is 69.1 Å². The summed E-state index contributed by atoms with van der Waals surface area (Å²) < 4.78 is 10.9. The van der Waals surface area contributed by atoms with Crippen molar-refractivity contribution >= 4 is 34.2 Å². The first-order valence-corrected chi connectivity index (χ1v) is 7.69. The second-order valence-corrected chi connectivity index (χ2v) is 5.92. The van der Waals surface area contributed by atoms with Crippen LogP contribution >= 0.6 is 23.2 Å². The molecule has 0 aliphatic rings. The minimum atomic E-state index is -0.559. The molecular formula is C17H8Cl2N2O3. The molecule has 5 nitrogen and oxygen atoms in total. The van der Waals surface area contributed by atoms with Gasteiger partial charge in [0.1, 0.15) is 11.1 Å². The van der Waals surface area contributed by atoms with Gasteiger partial charge in [0.25, 0.3) is 5.89 Å². The molecule has 118 valence electrons. The smallest absolute Gasteiger partial charge is 0.349 e. The largest absolute Gasteiger partial charge is 0.422 e. The highest BCUT2D eigenvalue weighted by molar-refractivity contribution is 6.31. The lowest BCUT2D eigenvalue weighted by molar-refractivity contribution is 0.547. The third kappa shape index (κ3) is 2.68. The van der Waals surface area contributed by atoms with Crippen LogP contribution in [-0.4, -0.2) is 10.2 Å². The van der Waals surface area contributed by atoms with Crippen LogP contribution in [-0.2, 0) is 0 Å². The molecule has 2 aromatic heterocycles. The Morgan fingerprint density at radius 1 is 0.792 bits per heavy atom. The van der Waals surface area contributed by atoms with Crippen LogP contribution in [0.25, 0.3) is 33.9 Å². The van der Waals surface area contributed by atoms with Gasteiger partial charge < -0.3 is 8.83 Å². The molecule has 0 spiro atoms. The molecule has 0 bridgehead atoms. The van der Waals surface area contributed by atoms with Gasteiger partial charge in [-0.25, -0.2) is 4.79 Å². The van der Waals surface area contributed by atoms with Gasteiger partial charge in [-0.15, -0.1) is 10.2 Å². The molecule has 0 amide bonds. The first-order chi connectivity index (χ1) is 11.6. The van der Waals surface area contributed by atoms with Crippen LogP contribution in [0, 0.1) is 0 Å². The van der Waals surface area contributed by atoms with Gasteiger partial charge in [-0.2, -0.15) is 0 Å². The second-order valence-electron chi connectivity index (χ2n) is 5.05. The summed E-state index contributed by atoms with van der Waals surface area (Å²) in [6.45, 7) is 0. The summed E-state index contributed by atoms with van der Waals surface area (Å²) in [5.41, 5.74) is 0.755. The van der Waals surface area contributed by atoms with Gasteiger partial charge >= 0.3 is 5.63 Å². The van der Waals surface area contributed by atoms with Crippen LogP contribution in [0.5, 0.6) is 0 Å². The molecule has 0 N–H and O–H groups in total. The lowest BCUT2D eigenvalue weighted by Crippen LogP contribution is -2.02. The second kappa shape index (κ2) is 5.78. The average molecular weight is 359 g/mol. The third-order valence-corrected chi connectivity index (χ3v) is 3.93. The molecular weight excluding hydrogens is 351 g/mol. The summed E-state index contributed by atoms with van der Waals surface area (Å²) in [7, 11) is 0. The SMILES string of the molecule is O=c1oc2ccc(Cl)cc2cc1-c1nnc(-c2ccc(Cl)cc2)o1. The average Bonchev–Trinajstić information content (AvgIpc) is 3.05. The van der Waals surface area contributed by atoms with Crippen molar-refractivity contribution in [1.82, 2.24) is 10.2 Å². The van der Waals surface area contributed by atoms with Crippen molar-refractivity contribution in [3.8, 4) is 22.9 Å². The zero-order chi connectivity index (χ0) is 16.7. The molecule has 4 rings (SSSR count). The molecule has 7 heteroatoms. The van der Waals surface area contributed by atoms with Crippen LogP contribution < -0.4 is 5.63 Å². The van der Waals surface area contributed by atoms with Crippen LogP contribution in [0.1, 0.15) is 0 Å². The zero-order valence-corrected chi connectivity index (χ0v) is 13.5. The van der Waals surface area contributed by atoms with E-state index in [-0.39, 0.29) is 17.3 Å². The summed E-state index contributed by atoms with van der Waals surface area (Å²) in [6.07, 6.45) is 0. The Labute approximate surface area is 145 Å². The van der Waals surface area contributed by atoms with E-state index in [2.05, 4.69) is 10.2 Å². The normalized spacial score (nSPS) is 11.1. The number of fused-ring (bicyclic) bond motifs is 1. The molecule has 2 heterocycles. The number of hydrogen-bond acceptors (Lipinski definition) is 5. The Morgan fingerprint density at radius 3 is 2.29 bits per heavy atom. The maximum absolute atomic E-state index is 12.2. The number of benzene rings is 2. The van der Waals surface area contributed by atoms with Crippen LogP contribution in [0.4, 0.5) is 0 Å². The molecule has 0 atom stereocenters. The van der Waals surface area contributed by atoms with E-state index in [1.807, 2.05) is 0 Å². The lowest BCUT2D eigenvalue weighted by Gasteiger charge is -1.99. The monoisotopic (exact) mass is 358 g/mol. The molecule has 0 radical (unpaired) electrons. The minimum Gasteiger partial charge on any atom is -0.422 e. The third-order valence-electron chi connectivity index (χ3n) is 3.44. The molecule has 0 aliphatic heterocycles. The van der Waals surface area contributed by atoms with Gasteiger partial charge in [0.2, 0.25) is 5.89 Å². The fraction of sp³-hybridized carbons (Fsp3) is 0. The van der Waals surface area contributed by atoms with Crippen molar-refractivity contribution in [3.05, 3.63) is 69.0 Å². The minimum absolute atomic E-state index is 0.0792. The van der Waals surface area contributed by atoms with E-state index in [0.717, 1.165) is 0 Å². The van der Waals surface area contributed by atoms with E-state index in [4.69, 9.17) is 32.0 Å². The van der Waals surface area contributed by atoms with Crippen molar-refractivity contribution in [2.24, 2.45) is 0 Å². The molecule has 2 aromatic carbocycles. The van der Waals surface area contributed by atoms with Crippen molar-refractivity contribution in [3.63, 3.8) is 0 Å². The molecule has 4 aromatic rings. The maximum Gasteiger partial charge on any atom is 0.349 e. The van der Waals surface area contributed by atoms with E-state index in [0.29, 0.717) is 26.6 Å². The molecule has 0 aliphatic carbocycles. The van der Waals surface area contributed by atoms with Crippen LogP contribution in [0.2, 0.25) is 10.0 Å². The fourth-order valence-corrected chi connectivity index (χ4v) is 2.59. The van der Waals surface area contributed by atoms with Crippen molar-refractivity contribution < 1.29 is 8.83 Å². The first-order valence-electron chi connectivity index (χ1n) is 6.93. The van der Waals surface area contributed by atoms with Gasteiger partial charge in [0.05, 0.1) is 0 Å². The molecule has 0 saturated carbocycles. The fourth-order valence-electron chi connectivity index (χ4n) is 2.28. The number of aromatic nitrogens is 2. The van der Waals surface area contributed by atoms with Gasteiger partial charge in [0, 0.05) is 21.0 Å². The Morgan fingerprint density at radius 2 is 1.50 bits per heavy atom. The standard InChI is InChI=1S/C17H8Cl2N2O3/c18-11-3-1-9(2-4-11)15-20-21-16(24-15)13-8-10-7-12(19)5-6-14(10)23-17(13)22/h1-8H. The Kier molecular flexibility index (Phi) is 3.59. The van der Waals surface area contributed by atoms with Crippen molar-refractivity contribution in [1.29, 1.82) is 0 Å². The predicted octanol–water partition coefficient (Wildman–Crippen LogP) is 4.82. The Bertz CT molecular complexity index is 1100. The van der Waals surface area contributed by atoms with E-state index < -0.39 is 5.63 Å². The van der Waals surface area contributed by atoms with Crippen molar-refractivity contribution in [2.75, 3.05) is 0 Å². The summed E-state index contributed by atoms with van der Waals surface area (Å²) in [5, 5.41) is 9.71. The molecule has 0 unspecified atom stereocenters. The van der Waals surface area contributed by atoms with Gasteiger partial charge in [-0.05, 0) is 48.5 Å². The first kappa shape index (κ1) is 14.9. The highest BCUT2D eigenvalue weighted by Gasteiger charge is 2.16. The summed E-state index contributed by atoms with van der Waals surface area (Å²) in [5.74, 6) is 0.364. The van der Waals surface area contributed by atoms with Crippen LogP contribution in [0.15, 0.2) is 62.2 Å². The summed E-state index contributed by atoms with van der Waals surface area (Å²) >= 11 is 11.8. The van der Waals surface area contributed by atoms with E-state index in [1.165, 1.54) is 0 Å².